The Morgan fingerprint density at radius 3 is 2.68 bits per heavy atom. The second kappa shape index (κ2) is 7.61. The third-order valence-electron chi connectivity index (χ3n) is 4.46. The lowest BCUT2D eigenvalue weighted by Crippen LogP contribution is -2.47. The Labute approximate surface area is 119 Å². The van der Waals surface area contributed by atoms with E-state index in [0.717, 1.165) is 32.0 Å². The summed E-state index contributed by atoms with van der Waals surface area (Å²) in [5.41, 5.74) is 0.488. The van der Waals surface area contributed by atoms with Gasteiger partial charge in [-0.05, 0) is 57.5 Å². The van der Waals surface area contributed by atoms with Crippen LogP contribution in [0, 0.1) is 11.3 Å². The Balaban J connectivity index is 2.49. The summed E-state index contributed by atoms with van der Waals surface area (Å²) in [5, 5.41) is 13.1. The van der Waals surface area contributed by atoms with Crippen molar-refractivity contribution in [3.05, 3.63) is 0 Å². The molecule has 3 unspecified atom stereocenters. The third kappa shape index (κ3) is 6.24. The van der Waals surface area contributed by atoms with Crippen molar-refractivity contribution in [2.45, 2.75) is 65.5 Å². The zero-order valence-electron chi connectivity index (χ0n) is 13.6. The Morgan fingerprint density at radius 2 is 2.11 bits per heavy atom. The number of aliphatic hydroxyl groups is 1. The highest BCUT2D eigenvalue weighted by Gasteiger charge is 2.34. The van der Waals surface area contributed by atoms with Gasteiger partial charge in [0.25, 0.3) is 0 Å². The lowest BCUT2D eigenvalue weighted by molar-refractivity contribution is 0.101. The van der Waals surface area contributed by atoms with Crippen molar-refractivity contribution in [3.8, 4) is 0 Å². The number of nitrogens with zero attached hydrogens (tertiary/aromatic N) is 1. The second-order valence-corrected chi connectivity index (χ2v) is 7.23. The standard InChI is InChI=1S/C16H34N2O/c1-6-17-15-7-9-16(3,4)11-14(15)12-18(5)10-8-13(2)19/h13-15,17,19H,6-12H2,1-5H3. The molecule has 3 heteroatoms. The highest BCUT2D eigenvalue weighted by molar-refractivity contribution is 4.89. The van der Waals surface area contributed by atoms with E-state index in [-0.39, 0.29) is 6.10 Å². The topological polar surface area (TPSA) is 35.5 Å². The van der Waals surface area contributed by atoms with Crippen LogP contribution in [0.4, 0.5) is 0 Å². The maximum absolute atomic E-state index is 9.39. The zero-order chi connectivity index (χ0) is 14.5. The molecule has 0 heterocycles. The molecule has 0 aromatic heterocycles. The Hall–Kier alpha value is -0.120. The molecular formula is C16H34N2O. The van der Waals surface area contributed by atoms with Crippen LogP contribution in [0.15, 0.2) is 0 Å². The van der Waals surface area contributed by atoms with Gasteiger partial charge >= 0.3 is 0 Å². The van der Waals surface area contributed by atoms with E-state index < -0.39 is 0 Å². The summed E-state index contributed by atoms with van der Waals surface area (Å²) in [6.07, 6.45) is 4.63. The molecule has 0 aromatic carbocycles. The third-order valence-corrected chi connectivity index (χ3v) is 4.46. The normalized spacial score (nSPS) is 28.6. The molecule has 0 aromatic rings. The van der Waals surface area contributed by atoms with Gasteiger partial charge in [0.15, 0.2) is 0 Å². The zero-order valence-corrected chi connectivity index (χ0v) is 13.6. The molecule has 1 aliphatic rings. The molecule has 0 saturated heterocycles. The minimum Gasteiger partial charge on any atom is -0.393 e. The van der Waals surface area contributed by atoms with Crippen molar-refractivity contribution in [1.29, 1.82) is 0 Å². The van der Waals surface area contributed by atoms with Gasteiger partial charge in [-0.25, -0.2) is 0 Å². The highest BCUT2D eigenvalue weighted by atomic mass is 16.3. The first-order chi connectivity index (χ1) is 8.84. The van der Waals surface area contributed by atoms with Gasteiger partial charge in [0, 0.05) is 19.1 Å². The van der Waals surface area contributed by atoms with E-state index in [4.69, 9.17) is 0 Å². The van der Waals surface area contributed by atoms with Crippen LogP contribution in [0.2, 0.25) is 0 Å². The summed E-state index contributed by atoms with van der Waals surface area (Å²) in [6.45, 7) is 12.1. The van der Waals surface area contributed by atoms with Crippen LogP contribution in [0.3, 0.4) is 0 Å². The molecule has 2 N–H and O–H groups in total. The number of nitrogens with one attached hydrogen (secondary N) is 1. The van der Waals surface area contributed by atoms with E-state index in [1.54, 1.807) is 0 Å². The van der Waals surface area contributed by atoms with Crippen molar-refractivity contribution in [2.24, 2.45) is 11.3 Å². The van der Waals surface area contributed by atoms with Crippen LogP contribution in [-0.2, 0) is 0 Å². The average molecular weight is 270 g/mol. The lowest BCUT2D eigenvalue weighted by atomic mass is 9.69. The van der Waals surface area contributed by atoms with Gasteiger partial charge < -0.3 is 15.3 Å². The summed E-state index contributed by atoms with van der Waals surface area (Å²) in [5.74, 6) is 0.739. The largest absolute Gasteiger partial charge is 0.393 e. The molecule has 0 aliphatic heterocycles. The second-order valence-electron chi connectivity index (χ2n) is 7.23. The lowest BCUT2D eigenvalue weighted by Gasteiger charge is -2.42. The first kappa shape index (κ1) is 16.9. The maximum Gasteiger partial charge on any atom is 0.0524 e. The SMILES string of the molecule is CCNC1CCC(C)(C)CC1CN(C)CCC(C)O. The number of hydrogen-bond donors (Lipinski definition) is 2. The van der Waals surface area contributed by atoms with Gasteiger partial charge in [0.2, 0.25) is 0 Å². The van der Waals surface area contributed by atoms with Crippen LogP contribution >= 0.6 is 0 Å². The van der Waals surface area contributed by atoms with Crippen LogP contribution in [0.25, 0.3) is 0 Å². The minimum atomic E-state index is -0.185. The van der Waals surface area contributed by atoms with E-state index >= 15 is 0 Å². The predicted octanol–water partition coefficient (Wildman–Crippen LogP) is 2.49. The maximum atomic E-state index is 9.39. The van der Waals surface area contributed by atoms with Crippen molar-refractivity contribution in [1.82, 2.24) is 10.2 Å². The molecule has 1 rings (SSSR count). The molecule has 114 valence electrons. The van der Waals surface area contributed by atoms with E-state index in [0.29, 0.717) is 11.5 Å². The van der Waals surface area contributed by atoms with E-state index in [9.17, 15) is 5.11 Å². The smallest absolute Gasteiger partial charge is 0.0524 e. The van der Waals surface area contributed by atoms with E-state index in [1.807, 2.05) is 6.92 Å². The van der Waals surface area contributed by atoms with Crippen molar-refractivity contribution in [2.75, 3.05) is 26.7 Å². The molecule has 0 radical (unpaired) electrons. The van der Waals surface area contributed by atoms with Crippen LogP contribution in [0.5, 0.6) is 0 Å². The summed E-state index contributed by atoms with van der Waals surface area (Å²) in [4.78, 5) is 2.39. The fourth-order valence-electron chi connectivity index (χ4n) is 3.36. The fourth-order valence-corrected chi connectivity index (χ4v) is 3.36. The predicted molar refractivity (Wildman–Crippen MR) is 82.4 cm³/mol. The molecule has 3 nitrogen and oxygen atoms in total. The van der Waals surface area contributed by atoms with Crippen LogP contribution in [-0.4, -0.2) is 48.8 Å². The van der Waals surface area contributed by atoms with Gasteiger partial charge in [-0.3, -0.25) is 0 Å². The van der Waals surface area contributed by atoms with Gasteiger partial charge in [0.1, 0.15) is 0 Å². The number of rotatable bonds is 7. The summed E-state index contributed by atoms with van der Waals surface area (Å²) in [6, 6.07) is 0.673. The minimum absolute atomic E-state index is 0.185. The van der Waals surface area contributed by atoms with Gasteiger partial charge in [-0.1, -0.05) is 20.8 Å². The first-order valence-corrected chi connectivity index (χ1v) is 7.94. The van der Waals surface area contributed by atoms with Gasteiger partial charge in [0.05, 0.1) is 6.10 Å². The number of aliphatic hydroxyl groups excluding tert-OH is 1. The summed E-state index contributed by atoms with van der Waals surface area (Å²) >= 11 is 0. The fraction of sp³-hybridized carbons (Fsp3) is 1.00. The molecule has 19 heavy (non-hydrogen) atoms. The molecule has 1 saturated carbocycles. The van der Waals surface area contributed by atoms with Crippen molar-refractivity contribution in [3.63, 3.8) is 0 Å². The molecule has 0 bridgehead atoms. The van der Waals surface area contributed by atoms with Crippen LogP contribution in [0.1, 0.15) is 53.4 Å². The average Bonchev–Trinajstić information content (AvgIpc) is 2.30. The Bertz CT molecular complexity index is 253. The summed E-state index contributed by atoms with van der Waals surface area (Å²) < 4.78 is 0. The molecule has 3 atom stereocenters. The summed E-state index contributed by atoms with van der Waals surface area (Å²) in [7, 11) is 2.19. The van der Waals surface area contributed by atoms with Crippen LogP contribution < -0.4 is 5.32 Å². The van der Waals surface area contributed by atoms with Gasteiger partial charge in [-0.15, -0.1) is 0 Å². The Morgan fingerprint density at radius 1 is 1.42 bits per heavy atom. The molecular weight excluding hydrogens is 236 g/mol. The quantitative estimate of drug-likeness (QED) is 0.746. The number of hydrogen-bond acceptors (Lipinski definition) is 3. The monoisotopic (exact) mass is 270 g/mol. The molecule has 0 spiro atoms. The Kier molecular flexibility index (Phi) is 6.78. The van der Waals surface area contributed by atoms with Gasteiger partial charge in [-0.2, -0.15) is 0 Å². The van der Waals surface area contributed by atoms with E-state index in [2.05, 4.69) is 38.0 Å². The molecule has 1 fully saturated rings. The first-order valence-electron chi connectivity index (χ1n) is 7.94. The highest BCUT2D eigenvalue weighted by Crippen LogP contribution is 2.39. The van der Waals surface area contributed by atoms with E-state index in [1.165, 1.54) is 19.3 Å². The van der Waals surface area contributed by atoms with Crippen molar-refractivity contribution < 1.29 is 5.11 Å². The molecule has 0 amide bonds. The molecule has 1 aliphatic carbocycles. The van der Waals surface area contributed by atoms with Crippen molar-refractivity contribution >= 4 is 0 Å².